The van der Waals surface area contributed by atoms with E-state index in [-0.39, 0.29) is 28.1 Å². The van der Waals surface area contributed by atoms with Crippen molar-refractivity contribution in [1.29, 1.82) is 0 Å². The molecule has 0 aliphatic heterocycles. The molecular formula is C11H13ClN2O5S. The molecule has 9 heteroatoms. The molecule has 0 aromatic heterocycles. The van der Waals surface area contributed by atoms with Crippen LogP contribution in [0.1, 0.15) is 12.8 Å². The molecule has 0 radical (unpaired) electrons. The Kier molecular flexibility index (Phi) is 4.28. The molecule has 0 heterocycles. The molecule has 2 rings (SSSR count). The van der Waals surface area contributed by atoms with Crippen molar-refractivity contribution >= 4 is 27.3 Å². The Bertz CT molecular complexity index is 630. The highest BCUT2D eigenvalue weighted by Crippen LogP contribution is 2.32. The highest BCUT2D eigenvalue weighted by Gasteiger charge is 2.31. The fourth-order valence-corrected chi connectivity index (χ4v) is 3.30. The van der Waals surface area contributed by atoms with Crippen LogP contribution in [-0.4, -0.2) is 31.1 Å². The number of nitro groups is 1. The molecule has 1 aliphatic carbocycles. The summed E-state index contributed by atoms with van der Waals surface area (Å²) < 4.78 is 26.3. The first kappa shape index (κ1) is 15.2. The van der Waals surface area contributed by atoms with Crippen LogP contribution in [-0.2, 0) is 10.0 Å². The minimum atomic E-state index is -3.99. The van der Waals surface area contributed by atoms with Gasteiger partial charge in [-0.2, -0.15) is 0 Å². The number of aliphatic hydroxyl groups is 1. The third-order valence-corrected chi connectivity index (χ3v) is 4.97. The molecule has 110 valence electrons. The number of non-ortho nitro benzene ring substituents is 1. The zero-order chi connectivity index (χ0) is 14.9. The topological polar surface area (TPSA) is 110 Å². The van der Waals surface area contributed by atoms with E-state index in [2.05, 4.69) is 4.72 Å². The van der Waals surface area contributed by atoms with Crippen molar-refractivity contribution in [3.05, 3.63) is 33.3 Å². The van der Waals surface area contributed by atoms with Crippen molar-refractivity contribution in [2.75, 3.05) is 6.54 Å². The number of nitro benzene ring substituents is 1. The van der Waals surface area contributed by atoms with Crippen LogP contribution >= 0.6 is 11.6 Å². The molecule has 1 atom stereocenters. The summed E-state index contributed by atoms with van der Waals surface area (Å²) >= 11 is 5.77. The van der Waals surface area contributed by atoms with Gasteiger partial charge < -0.3 is 5.11 Å². The van der Waals surface area contributed by atoms with Crippen molar-refractivity contribution in [3.8, 4) is 0 Å². The standard InChI is InChI=1S/C11H13ClN2O5S/c12-9-4-3-8(14(16)17)5-11(9)20(18,19)13-6-10(15)7-1-2-7/h3-5,7,10,13,15H,1-2,6H2. The third kappa shape index (κ3) is 3.45. The molecule has 1 unspecified atom stereocenters. The van der Waals surface area contributed by atoms with Gasteiger partial charge in [0.2, 0.25) is 10.0 Å². The van der Waals surface area contributed by atoms with Crippen molar-refractivity contribution in [1.82, 2.24) is 4.72 Å². The van der Waals surface area contributed by atoms with E-state index in [4.69, 9.17) is 11.6 Å². The largest absolute Gasteiger partial charge is 0.391 e. The summed E-state index contributed by atoms with van der Waals surface area (Å²) in [7, 11) is -3.99. The highest BCUT2D eigenvalue weighted by atomic mass is 35.5. The van der Waals surface area contributed by atoms with Gasteiger partial charge in [-0.3, -0.25) is 10.1 Å². The normalized spacial score (nSPS) is 16.9. The van der Waals surface area contributed by atoms with E-state index in [0.717, 1.165) is 31.0 Å². The van der Waals surface area contributed by atoms with Crippen LogP contribution in [0.15, 0.2) is 23.1 Å². The zero-order valence-electron chi connectivity index (χ0n) is 10.3. The summed E-state index contributed by atoms with van der Waals surface area (Å²) in [6.45, 7) is -0.133. The van der Waals surface area contributed by atoms with E-state index < -0.39 is 21.1 Å². The van der Waals surface area contributed by atoms with Gasteiger partial charge in [-0.15, -0.1) is 0 Å². The Morgan fingerprint density at radius 2 is 2.15 bits per heavy atom. The van der Waals surface area contributed by atoms with Crippen molar-refractivity contribution in [3.63, 3.8) is 0 Å². The van der Waals surface area contributed by atoms with E-state index in [1.165, 1.54) is 0 Å². The first-order valence-electron chi connectivity index (χ1n) is 5.93. The predicted molar refractivity (Wildman–Crippen MR) is 72.0 cm³/mol. The summed E-state index contributed by atoms with van der Waals surface area (Å²) in [5.41, 5.74) is -0.363. The van der Waals surface area contributed by atoms with Gasteiger partial charge in [-0.25, -0.2) is 13.1 Å². The van der Waals surface area contributed by atoms with Crippen LogP contribution in [0.5, 0.6) is 0 Å². The lowest BCUT2D eigenvalue weighted by Gasteiger charge is -2.12. The summed E-state index contributed by atoms with van der Waals surface area (Å²) in [4.78, 5) is 9.60. The molecule has 1 aromatic rings. The van der Waals surface area contributed by atoms with E-state index in [0.29, 0.717) is 0 Å². The number of halogens is 1. The van der Waals surface area contributed by atoms with Crippen molar-refractivity contribution < 1.29 is 18.4 Å². The Morgan fingerprint density at radius 3 is 2.70 bits per heavy atom. The van der Waals surface area contributed by atoms with Crippen molar-refractivity contribution in [2.45, 2.75) is 23.8 Å². The van der Waals surface area contributed by atoms with Gasteiger partial charge in [0, 0.05) is 18.7 Å². The number of nitrogens with one attached hydrogen (secondary N) is 1. The molecule has 0 spiro atoms. The zero-order valence-corrected chi connectivity index (χ0v) is 11.9. The Balaban J connectivity index is 2.19. The number of hydrogen-bond donors (Lipinski definition) is 2. The van der Waals surface area contributed by atoms with Gasteiger partial charge in [0.15, 0.2) is 0 Å². The molecular weight excluding hydrogens is 308 g/mol. The molecule has 1 aromatic carbocycles. The van der Waals surface area contributed by atoms with Gasteiger partial charge in [-0.05, 0) is 24.8 Å². The lowest BCUT2D eigenvalue weighted by atomic mass is 10.2. The Hall–Kier alpha value is -1.22. The highest BCUT2D eigenvalue weighted by molar-refractivity contribution is 7.89. The predicted octanol–water partition coefficient (Wildman–Crippen LogP) is 1.30. The lowest BCUT2D eigenvalue weighted by Crippen LogP contribution is -2.33. The third-order valence-electron chi connectivity index (χ3n) is 3.06. The number of aliphatic hydroxyl groups excluding tert-OH is 1. The molecule has 1 aliphatic rings. The van der Waals surface area contributed by atoms with Crippen LogP contribution in [0.4, 0.5) is 5.69 Å². The minimum Gasteiger partial charge on any atom is -0.391 e. The molecule has 20 heavy (non-hydrogen) atoms. The summed E-state index contributed by atoms with van der Waals surface area (Å²) in [5, 5.41) is 20.2. The van der Waals surface area contributed by atoms with Crippen LogP contribution in [0.3, 0.4) is 0 Å². The quantitative estimate of drug-likeness (QED) is 0.606. The Morgan fingerprint density at radius 1 is 1.50 bits per heavy atom. The molecule has 0 bridgehead atoms. The smallest absolute Gasteiger partial charge is 0.270 e. The van der Waals surface area contributed by atoms with E-state index in [1.54, 1.807) is 0 Å². The number of rotatable bonds is 6. The Labute approximate surface area is 120 Å². The summed E-state index contributed by atoms with van der Waals surface area (Å²) in [6, 6.07) is 3.18. The second kappa shape index (κ2) is 5.65. The number of sulfonamides is 1. The van der Waals surface area contributed by atoms with Gasteiger partial charge in [0.25, 0.3) is 5.69 Å². The van der Waals surface area contributed by atoms with Gasteiger partial charge in [-0.1, -0.05) is 11.6 Å². The maximum absolute atomic E-state index is 12.0. The molecule has 0 amide bonds. The number of benzene rings is 1. The first-order chi connectivity index (χ1) is 9.31. The van der Waals surface area contributed by atoms with Gasteiger partial charge >= 0.3 is 0 Å². The van der Waals surface area contributed by atoms with E-state index in [1.807, 2.05) is 0 Å². The second-order valence-electron chi connectivity index (χ2n) is 4.63. The maximum atomic E-state index is 12.0. The summed E-state index contributed by atoms with van der Waals surface area (Å²) in [5.74, 6) is 0.123. The number of hydrogen-bond acceptors (Lipinski definition) is 5. The van der Waals surface area contributed by atoms with Crippen LogP contribution < -0.4 is 4.72 Å². The van der Waals surface area contributed by atoms with Crippen LogP contribution in [0, 0.1) is 16.0 Å². The SMILES string of the molecule is O=[N+]([O-])c1ccc(Cl)c(S(=O)(=O)NCC(O)C2CC2)c1. The molecule has 0 saturated heterocycles. The minimum absolute atomic E-state index is 0.107. The van der Waals surface area contributed by atoms with Crippen LogP contribution in [0.2, 0.25) is 5.02 Å². The fraction of sp³-hybridized carbons (Fsp3) is 0.455. The van der Waals surface area contributed by atoms with Crippen LogP contribution in [0.25, 0.3) is 0 Å². The average molecular weight is 321 g/mol. The monoisotopic (exact) mass is 320 g/mol. The lowest BCUT2D eigenvalue weighted by molar-refractivity contribution is -0.385. The van der Waals surface area contributed by atoms with E-state index in [9.17, 15) is 23.6 Å². The number of nitrogens with zero attached hydrogens (tertiary/aromatic N) is 1. The second-order valence-corrected chi connectivity index (χ2v) is 6.77. The first-order valence-corrected chi connectivity index (χ1v) is 7.79. The van der Waals surface area contributed by atoms with E-state index >= 15 is 0 Å². The van der Waals surface area contributed by atoms with Gasteiger partial charge in [0.05, 0.1) is 16.0 Å². The molecule has 2 N–H and O–H groups in total. The fourth-order valence-electron chi connectivity index (χ4n) is 1.73. The van der Waals surface area contributed by atoms with Crippen molar-refractivity contribution in [2.24, 2.45) is 5.92 Å². The average Bonchev–Trinajstić information content (AvgIpc) is 3.20. The maximum Gasteiger partial charge on any atom is 0.270 e. The summed E-state index contributed by atoms with van der Waals surface area (Å²) in [6.07, 6.45) is 1.00. The molecule has 1 fully saturated rings. The molecule has 7 nitrogen and oxygen atoms in total. The molecule has 1 saturated carbocycles. The van der Waals surface area contributed by atoms with Gasteiger partial charge in [0.1, 0.15) is 4.90 Å².